The van der Waals surface area contributed by atoms with Crippen LogP contribution in [0.1, 0.15) is 32.1 Å². The van der Waals surface area contributed by atoms with Gasteiger partial charge in [0.15, 0.2) is 0 Å². The first kappa shape index (κ1) is 10.9. The van der Waals surface area contributed by atoms with Gasteiger partial charge in [-0.05, 0) is 43.4 Å². The van der Waals surface area contributed by atoms with Crippen LogP contribution in [0.4, 0.5) is 0 Å². The lowest BCUT2D eigenvalue weighted by atomic mass is 9.98. The maximum atomic E-state index is 12.3. The number of amides is 1. The Bertz CT molecular complexity index is 276. The standard InChI is InChI=1S/C13H20ClNO/c14-8-9-4-6-15(7-5-9)13(16)12-10-2-1-3-11(10)12/h9-12H,1-8H2. The first-order valence-electron chi connectivity index (χ1n) is 6.66. The average Bonchev–Trinajstić information content (AvgIpc) is 2.81. The van der Waals surface area contributed by atoms with Gasteiger partial charge >= 0.3 is 0 Å². The van der Waals surface area contributed by atoms with Crippen LogP contribution >= 0.6 is 11.6 Å². The molecule has 1 aliphatic heterocycles. The largest absolute Gasteiger partial charge is 0.342 e. The van der Waals surface area contributed by atoms with Crippen LogP contribution in [0.25, 0.3) is 0 Å². The van der Waals surface area contributed by atoms with Crippen molar-refractivity contribution in [3.8, 4) is 0 Å². The van der Waals surface area contributed by atoms with E-state index in [1.54, 1.807) is 0 Å². The molecule has 1 heterocycles. The Morgan fingerprint density at radius 1 is 1.12 bits per heavy atom. The van der Waals surface area contributed by atoms with E-state index in [0.717, 1.165) is 43.6 Å². The van der Waals surface area contributed by atoms with Gasteiger partial charge in [0.05, 0.1) is 0 Å². The predicted molar refractivity (Wildman–Crippen MR) is 64.3 cm³/mol. The van der Waals surface area contributed by atoms with Crippen LogP contribution in [0.3, 0.4) is 0 Å². The van der Waals surface area contributed by atoms with E-state index in [9.17, 15) is 4.79 Å². The number of fused-ring (bicyclic) bond motifs is 1. The molecule has 0 radical (unpaired) electrons. The third-order valence-electron chi connectivity index (χ3n) is 4.84. The summed E-state index contributed by atoms with van der Waals surface area (Å²) < 4.78 is 0. The number of halogens is 1. The number of carbonyl (C=O) groups is 1. The van der Waals surface area contributed by atoms with Gasteiger partial charge in [-0.3, -0.25) is 4.79 Å². The maximum Gasteiger partial charge on any atom is 0.226 e. The van der Waals surface area contributed by atoms with Crippen molar-refractivity contribution in [1.29, 1.82) is 0 Å². The Kier molecular flexibility index (Phi) is 2.87. The van der Waals surface area contributed by atoms with Gasteiger partial charge in [-0.25, -0.2) is 0 Å². The summed E-state index contributed by atoms with van der Waals surface area (Å²) in [5.74, 6) is 3.81. The Balaban J connectivity index is 1.53. The first-order chi connectivity index (χ1) is 7.81. The zero-order valence-corrected chi connectivity index (χ0v) is 10.5. The highest BCUT2D eigenvalue weighted by Crippen LogP contribution is 2.58. The third kappa shape index (κ3) is 1.75. The number of piperidine rings is 1. The Morgan fingerprint density at radius 3 is 2.31 bits per heavy atom. The van der Waals surface area contributed by atoms with Crippen LogP contribution in [-0.2, 0) is 4.79 Å². The highest BCUT2D eigenvalue weighted by Gasteiger charge is 2.57. The van der Waals surface area contributed by atoms with E-state index in [-0.39, 0.29) is 0 Å². The molecule has 0 N–H and O–H groups in total. The minimum Gasteiger partial charge on any atom is -0.342 e. The van der Waals surface area contributed by atoms with Gasteiger partial charge < -0.3 is 4.90 Å². The number of carbonyl (C=O) groups excluding carboxylic acids is 1. The van der Waals surface area contributed by atoms with E-state index < -0.39 is 0 Å². The normalized spacial score (nSPS) is 38.6. The lowest BCUT2D eigenvalue weighted by molar-refractivity contribution is -0.134. The summed E-state index contributed by atoms with van der Waals surface area (Å²) >= 11 is 5.86. The van der Waals surface area contributed by atoms with Crippen LogP contribution in [0.15, 0.2) is 0 Å². The summed E-state index contributed by atoms with van der Waals surface area (Å²) in [6, 6.07) is 0. The quantitative estimate of drug-likeness (QED) is 0.681. The minimum atomic E-state index is 0.418. The second-order valence-corrected chi connectivity index (χ2v) is 6.02. The highest BCUT2D eigenvalue weighted by atomic mass is 35.5. The molecule has 2 aliphatic carbocycles. The molecular formula is C13H20ClNO. The molecule has 0 aromatic rings. The number of rotatable bonds is 2. The second-order valence-electron chi connectivity index (χ2n) is 5.71. The zero-order valence-electron chi connectivity index (χ0n) is 9.70. The lowest BCUT2D eigenvalue weighted by Crippen LogP contribution is -2.40. The van der Waals surface area contributed by atoms with Gasteiger partial charge in [-0.15, -0.1) is 11.6 Å². The highest BCUT2D eigenvalue weighted by molar-refractivity contribution is 6.18. The fourth-order valence-electron chi connectivity index (χ4n) is 3.71. The van der Waals surface area contributed by atoms with Gasteiger partial charge in [-0.2, -0.15) is 0 Å². The molecule has 2 nitrogen and oxygen atoms in total. The van der Waals surface area contributed by atoms with Crippen molar-refractivity contribution in [1.82, 2.24) is 4.90 Å². The minimum absolute atomic E-state index is 0.418. The van der Waals surface area contributed by atoms with Crippen LogP contribution in [-0.4, -0.2) is 29.8 Å². The molecule has 3 fully saturated rings. The molecule has 90 valence electrons. The molecule has 1 saturated heterocycles. The summed E-state index contributed by atoms with van der Waals surface area (Å²) in [7, 11) is 0. The number of hydrogen-bond acceptors (Lipinski definition) is 1. The third-order valence-corrected chi connectivity index (χ3v) is 5.27. The molecular weight excluding hydrogens is 222 g/mol. The second kappa shape index (κ2) is 4.21. The van der Waals surface area contributed by atoms with E-state index in [1.807, 2.05) is 0 Å². The molecule has 2 unspecified atom stereocenters. The number of likely N-dealkylation sites (tertiary alicyclic amines) is 1. The van der Waals surface area contributed by atoms with Crippen molar-refractivity contribution in [2.45, 2.75) is 32.1 Å². The van der Waals surface area contributed by atoms with Crippen molar-refractivity contribution in [3.05, 3.63) is 0 Å². The molecule has 0 aromatic carbocycles. The molecule has 1 amide bonds. The van der Waals surface area contributed by atoms with Crippen LogP contribution in [0.2, 0.25) is 0 Å². The van der Waals surface area contributed by atoms with E-state index >= 15 is 0 Å². The maximum absolute atomic E-state index is 12.3. The molecule has 3 aliphatic rings. The summed E-state index contributed by atoms with van der Waals surface area (Å²) in [5, 5.41) is 0. The molecule has 2 atom stereocenters. The van der Waals surface area contributed by atoms with Gasteiger partial charge in [0.2, 0.25) is 5.91 Å². The molecule has 0 spiro atoms. The summed E-state index contributed by atoms with van der Waals surface area (Å²) in [6.07, 6.45) is 6.18. The Morgan fingerprint density at radius 2 is 1.75 bits per heavy atom. The number of hydrogen-bond donors (Lipinski definition) is 0. The molecule has 0 bridgehead atoms. The van der Waals surface area contributed by atoms with Crippen molar-refractivity contribution in [3.63, 3.8) is 0 Å². The van der Waals surface area contributed by atoms with E-state index in [0.29, 0.717) is 17.7 Å². The van der Waals surface area contributed by atoms with Crippen molar-refractivity contribution >= 4 is 17.5 Å². The van der Waals surface area contributed by atoms with Gasteiger partial charge in [0, 0.05) is 24.9 Å². The summed E-state index contributed by atoms with van der Waals surface area (Å²) in [4.78, 5) is 14.4. The van der Waals surface area contributed by atoms with Gasteiger partial charge in [0.25, 0.3) is 0 Å². The fraction of sp³-hybridized carbons (Fsp3) is 0.923. The monoisotopic (exact) mass is 241 g/mol. The molecule has 0 aromatic heterocycles. The van der Waals surface area contributed by atoms with Crippen LogP contribution < -0.4 is 0 Å². The average molecular weight is 242 g/mol. The fourth-order valence-corrected chi connectivity index (χ4v) is 4.01. The predicted octanol–water partition coefficient (Wildman–Crippen LogP) is 2.51. The Hall–Kier alpha value is -0.240. The number of nitrogens with zero attached hydrogens (tertiary/aromatic N) is 1. The number of alkyl halides is 1. The van der Waals surface area contributed by atoms with Crippen LogP contribution in [0.5, 0.6) is 0 Å². The Labute approximate surface area is 102 Å². The first-order valence-corrected chi connectivity index (χ1v) is 7.19. The van der Waals surface area contributed by atoms with Gasteiger partial charge in [-0.1, -0.05) is 6.42 Å². The molecule has 16 heavy (non-hydrogen) atoms. The SMILES string of the molecule is O=C(C1C2CCCC21)N1CCC(CCl)CC1. The topological polar surface area (TPSA) is 20.3 Å². The van der Waals surface area contributed by atoms with Gasteiger partial charge in [0.1, 0.15) is 0 Å². The van der Waals surface area contributed by atoms with Crippen LogP contribution in [0, 0.1) is 23.7 Å². The van der Waals surface area contributed by atoms with Crippen molar-refractivity contribution < 1.29 is 4.79 Å². The van der Waals surface area contributed by atoms with E-state index in [2.05, 4.69) is 4.90 Å². The van der Waals surface area contributed by atoms with Crippen molar-refractivity contribution in [2.75, 3.05) is 19.0 Å². The van der Waals surface area contributed by atoms with E-state index in [4.69, 9.17) is 11.6 Å². The van der Waals surface area contributed by atoms with E-state index in [1.165, 1.54) is 19.3 Å². The summed E-state index contributed by atoms with van der Waals surface area (Å²) in [5.41, 5.74) is 0. The molecule has 3 rings (SSSR count). The molecule has 3 heteroatoms. The summed E-state index contributed by atoms with van der Waals surface area (Å²) in [6.45, 7) is 1.90. The van der Waals surface area contributed by atoms with Crippen molar-refractivity contribution in [2.24, 2.45) is 23.7 Å². The zero-order chi connectivity index (χ0) is 11.1. The smallest absolute Gasteiger partial charge is 0.226 e. The lowest BCUT2D eigenvalue weighted by Gasteiger charge is -2.31. The molecule has 2 saturated carbocycles.